The van der Waals surface area contributed by atoms with Crippen molar-refractivity contribution in [2.24, 2.45) is 0 Å². The van der Waals surface area contributed by atoms with Gasteiger partial charge >= 0.3 is 0 Å². The molecule has 1 amide bonds. The predicted molar refractivity (Wildman–Crippen MR) is 127 cm³/mol. The molecule has 0 aliphatic rings. The quantitative estimate of drug-likeness (QED) is 0.523. The zero-order chi connectivity index (χ0) is 23.5. The lowest BCUT2D eigenvalue weighted by Gasteiger charge is -2.27. The Morgan fingerprint density at radius 3 is 2.09 bits per heavy atom. The van der Waals surface area contributed by atoms with Gasteiger partial charge < -0.3 is 9.64 Å². The Balaban J connectivity index is 1.80. The predicted octanol–water partition coefficient (Wildman–Crippen LogP) is 4.66. The number of carbonyl (C=O) groups excluding carboxylic acids is 1. The van der Waals surface area contributed by atoms with E-state index in [4.69, 9.17) is 4.74 Å². The molecule has 1 atom stereocenters. The number of ether oxygens (including phenoxy) is 1. The summed E-state index contributed by atoms with van der Waals surface area (Å²) < 4.78 is 32.5. The fourth-order valence-corrected chi connectivity index (χ4v) is 4.62. The summed E-state index contributed by atoms with van der Waals surface area (Å²) in [6, 6.07) is 20.7. The first-order valence-electron chi connectivity index (χ1n) is 10.2. The second-order valence-electron chi connectivity index (χ2n) is 7.67. The number of carbonyl (C=O) groups is 1. The maximum absolute atomic E-state index is 13.0. The second-order valence-corrected chi connectivity index (χ2v) is 9.64. The summed E-state index contributed by atoms with van der Waals surface area (Å²) in [4.78, 5) is 14.9. The highest BCUT2D eigenvalue weighted by molar-refractivity contribution is 7.92. The smallest absolute Gasteiger partial charge is 0.264 e. The van der Waals surface area contributed by atoms with Crippen LogP contribution < -0.4 is 9.04 Å². The first-order valence-corrected chi connectivity index (χ1v) is 11.7. The number of nitrogens with zero attached hydrogens (tertiary/aromatic N) is 2. The van der Waals surface area contributed by atoms with Crippen molar-refractivity contribution in [3.63, 3.8) is 0 Å². The van der Waals surface area contributed by atoms with Crippen LogP contribution in [-0.2, 0) is 10.0 Å². The van der Waals surface area contributed by atoms with Gasteiger partial charge in [-0.1, -0.05) is 35.9 Å². The maximum atomic E-state index is 13.0. The van der Waals surface area contributed by atoms with Crippen molar-refractivity contribution in [3.05, 3.63) is 89.5 Å². The molecule has 0 saturated carbocycles. The van der Waals surface area contributed by atoms with Gasteiger partial charge in [-0.25, -0.2) is 8.42 Å². The molecule has 3 aromatic carbocycles. The molecule has 0 aromatic heterocycles. The van der Waals surface area contributed by atoms with E-state index in [0.717, 1.165) is 16.9 Å². The molecule has 0 radical (unpaired) electrons. The van der Waals surface area contributed by atoms with E-state index in [1.54, 1.807) is 67.6 Å². The molecule has 0 saturated heterocycles. The third-order valence-electron chi connectivity index (χ3n) is 5.65. The number of methoxy groups -OCH3 is 1. The summed E-state index contributed by atoms with van der Waals surface area (Å²) in [5.74, 6) is 0.553. The Labute approximate surface area is 190 Å². The van der Waals surface area contributed by atoms with Gasteiger partial charge in [-0.05, 0) is 56.3 Å². The fraction of sp³-hybridized carbons (Fsp3) is 0.240. The third kappa shape index (κ3) is 4.62. The highest BCUT2D eigenvalue weighted by Gasteiger charge is 2.23. The van der Waals surface area contributed by atoms with E-state index in [0.29, 0.717) is 11.3 Å². The highest BCUT2D eigenvalue weighted by Crippen LogP contribution is 2.29. The van der Waals surface area contributed by atoms with Gasteiger partial charge in [-0.2, -0.15) is 0 Å². The van der Waals surface area contributed by atoms with Crippen LogP contribution in [-0.4, -0.2) is 40.4 Å². The Morgan fingerprint density at radius 2 is 1.50 bits per heavy atom. The zero-order valence-electron chi connectivity index (χ0n) is 18.9. The van der Waals surface area contributed by atoms with Gasteiger partial charge in [0.15, 0.2) is 0 Å². The molecular formula is C25H28N2O4S. The van der Waals surface area contributed by atoms with E-state index in [1.807, 2.05) is 38.1 Å². The van der Waals surface area contributed by atoms with E-state index in [2.05, 4.69) is 0 Å². The summed E-state index contributed by atoms with van der Waals surface area (Å²) in [7, 11) is 1.15. The Morgan fingerprint density at radius 1 is 0.906 bits per heavy atom. The summed E-state index contributed by atoms with van der Waals surface area (Å²) in [6.45, 7) is 3.84. The minimum absolute atomic E-state index is 0.168. The van der Waals surface area contributed by atoms with E-state index < -0.39 is 10.0 Å². The minimum Gasteiger partial charge on any atom is -0.496 e. The SMILES string of the molecule is COc1ccccc1C(C)N(C)C(=O)c1ccc(N(C)S(=O)(=O)c2ccc(C)cc2)cc1. The lowest BCUT2D eigenvalue weighted by atomic mass is 10.0. The Hall–Kier alpha value is -3.32. The zero-order valence-corrected chi connectivity index (χ0v) is 19.8. The number of rotatable bonds is 7. The average Bonchev–Trinajstić information content (AvgIpc) is 2.82. The molecule has 6 nitrogen and oxygen atoms in total. The molecule has 0 fully saturated rings. The molecule has 168 valence electrons. The van der Waals surface area contributed by atoms with Crippen molar-refractivity contribution < 1.29 is 17.9 Å². The van der Waals surface area contributed by atoms with E-state index in [1.165, 1.54) is 11.4 Å². The minimum atomic E-state index is -3.69. The number of amides is 1. The number of hydrogen-bond acceptors (Lipinski definition) is 4. The van der Waals surface area contributed by atoms with Crippen LogP contribution in [0.3, 0.4) is 0 Å². The number of para-hydroxylation sites is 1. The van der Waals surface area contributed by atoms with E-state index in [9.17, 15) is 13.2 Å². The Kier molecular flexibility index (Phi) is 6.89. The van der Waals surface area contributed by atoms with E-state index in [-0.39, 0.29) is 16.8 Å². The van der Waals surface area contributed by atoms with Gasteiger partial charge in [0, 0.05) is 25.2 Å². The lowest BCUT2D eigenvalue weighted by Crippen LogP contribution is -2.30. The normalized spacial score (nSPS) is 12.2. The lowest BCUT2D eigenvalue weighted by molar-refractivity contribution is 0.0741. The van der Waals surface area contributed by atoms with Crippen LogP contribution in [0.2, 0.25) is 0 Å². The van der Waals surface area contributed by atoms with Crippen molar-refractivity contribution in [3.8, 4) is 5.75 Å². The number of aryl methyl sites for hydroxylation is 1. The number of benzene rings is 3. The van der Waals surface area contributed by atoms with Crippen molar-refractivity contribution in [1.82, 2.24) is 4.90 Å². The van der Waals surface area contributed by atoms with Gasteiger partial charge in [-0.3, -0.25) is 9.10 Å². The summed E-state index contributed by atoms with van der Waals surface area (Å²) in [6.07, 6.45) is 0. The second kappa shape index (κ2) is 9.44. The number of hydrogen-bond donors (Lipinski definition) is 0. The molecular weight excluding hydrogens is 424 g/mol. The fourth-order valence-electron chi connectivity index (χ4n) is 3.42. The highest BCUT2D eigenvalue weighted by atomic mass is 32.2. The van der Waals surface area contributed by atoms with Crippen LogP contribution in [0.5, 0.6) is 5.75 Å². The molecule has 7 heteroatoms. The Bertz CT molecular complexity index is 1190. The van der Waals surface area contributed by atoms with Crippen molar-refractivity contribution in [1.29, 1.82) is 0 Å². The van der Waals surface area contributed by atoms with Crippen molar-refractivity contribution in [2.75, 3.05) is 25.5 Å². The first-order chi connectivity index (χ1) is 15.2. The van der Waals surface area contributed by atoms with Gasteiger partial charge in [0.1, 0.15) is 5.75 Å². The molecule has 3 aromatic rings. The van der Waals surface area contributed by atoms with Gasteiger partial charge in [0.05, 0.1) is 23.7 Å². The van der Waals surface area contributed by atoms with Crippen LogP contribution in [0.1, 0.15) is 34.5 Å². The number of sulfonamides is 1. The van der Waals surface area contributed by atoms with Gasteiger partial charge in [-0.15, -0.1) is 0 Å². The first kappa shape index (κ1) is 23.3. The standard InChI is InChI=1S/C25H28N2O4S/c1-18-10-16-22(17-11-18)32(29,30)27(4)21-14-12-20(13-15-21)25(28)26(3)19(2)23-8-6-7-9-24(23)31-5/h6-17,19H,1-5H3. The van der Waals surface area contributed by atoms with Crippen molar-refractivity contribution >= 4 is 21.6 Å². The van der Waals surface area contributed by atoms with Crippen LogP contribution in [0.25, 0.3) is 0 Å². The van der Waals surface area contributed by atoms with Crippen LogP contribution in [0.15, 0.2) is 77.7 Å². The molecule has 0 spiro atoms. The van der Waals surface area contributed by atoms with Crippen LogP contribution >= 0.6 is 0 Å². The summed E-state index contributed by atoms with van der Waals surface area (Å²) >= 11 is 0. The summed E-state index contributed by atoms with van der Waals surface area (Å²) in [5, 5.41) is 0. The topological polar surface area (TPSA) is 66.9 Å². The molecule has 0 N–H and O–H groups in total. The molecule has 32 heavy (non-hydrogen) atoms. The molecule has 0 aliphatic heterocycles. The molecule has 0 aliphatic carbocycles. The van der Waals surface area contributed by atoms with Crippen LogP contribution in [0, 0.1) is 6.92 Å². The molecule has 1 unspecified atom stereocenters. The molecule has 0 heterocycles. The molecule has 0 bridgehead atoms. The number of anilines is 1. The maximum Gasteiger partial charge on any atom is 0.264 e. The van der Waals surface area contributed by atoms with Crippen LogP contribution in [0.4, 0.5) is 5.69 Å². The van der Waals surface area contributed by atoms with Crippen molar-refractivity contribution in [2.45, 2.75) is 24.8 Å². The van der Waals surface area contributed by atoms with Gasteiger partial charge in [0.2, 0.25) is 0 Å². The van der Waals surface area contributed by atoms with Gasteiger partial charge in [0.25, 0.3) is 15.9 Å². The molecule has 3 rings (SSSR count). The summed E-state index contributed by atoms with van der Waals surface area (Å²) in [5.41, 5.74) is 2.84. The largest absolute Gasteiger partial charge is 0.496 e. The monoisotopic (exact) mass is 452 g/mol. The third-order valence-corrected chi connectivity index (χ3v) is 7.45. The average molecular weight is 453 g/mol. The van der Waals surface area contributed by atoms with E-state index >= 15 is 0 Å².